The van der Waals surface area contributed by atoms with E-state index in [1.165, 1.54) is 24.3 Å². The van der Waals surface area contributed by atoms with Gasteiger partial charge in [-0.25, -0.2) is 4.79 Å². The minimum absolute atomic E-state index is 0.0848. The van der Waals surface area contributed by atoms with Gasteiger partial charge in [0.1, 0.15) is 11.5 Å². The molecular weight excluding hydrogens is 276 g/mol. The van der Waals surface area contributed by atoms with E-state index in [4.69, 9.17) is 9.47 Å². The van der Waals surface area contributed by atoms with Crippen LogP contribution in [0.15, 0.2) is 48.5 Å². The Bertz CT molecular complexity index is 637. The highest BCUT2D eigenvalue weighted by molar-refractivity contribution is 5.67. The molecule has 0 saturated carbocycles. The van der Waals surface area contributed by atoms with Gasteiger partial charge in [-0.1, -0.05) is 0 Å². The van der Waals surface area contributed by atoms with Crippen LogP contribution in [-0.4, -0.2) is 18.1 Å². The highest BCUT2D eigenvalue weighted by atomic mass is 16.7. The number of anilines is 1. The molecule has 2 rings (SSSR count). The average molecular weight is 288 g/mol. The van der Waals surface area contributed by atoms with Crippen molar-refractivity contribution < 1.29 is 19.2 Å². The molecule has 0 aliphatic heterocycles. The van der Waals surface area contributed by atoms with E-state index in [1.807, 2.05) is 0 Å². The van der Waals surface area contributed by atoms with Crippen molar-refractivity contribution in [3.8, 4) is 11.5 Å². The van der Waals surface area contributed by atoms with Gasteiger partial charge in [0.2, 0.25) is 0 Å². The van der Waals surface area contributed by atoms with E-state index >= 15 is 0 Å². The summed E-state index contributed by atoms with van der Waals surface area (Å²) in [5.74, 6) is 0.498. The molecule has 0 unspecified atom stereocenters. The average Bonchev–Trinajstić information content (AvgIpc) is 2.48. The predicted molar refractivity (Wildman–Crippen MR) is 75.7 cm³/mol. The second-order valence-corrected chi connectivity index (χ2v) is 3.98. The van der Waals surface area contributed by atoms with Gasteiger partial charge in [-0.15, -0.1) is 0 Å². The van der Waals surface area contributed by atoms with Crippen LogP contribution in [0, 0.1) is 10.1 Å². The molecule has 7 heteroatoms. The van der Waals surface area contributed by atoms with Gasteiger partial charge in [-0.3, -0.25) is 10.1 Å². The molecule has 108 valence electrons. The fourth-order valence-electron chi connectivity index (χ4n) is 1.54. The minimum Gasteiger partial charge on any atom is -0.395 e. The van der Waals surface area contributed by atoms with Crippen LogP contribution in [0.1, 0.15) is 0 Å². The maximum absolute atomic E-state index is 11.6. The first kappa shape index (κ1) is 14.3. The fraction of sp³-hybridized carbons (Fsp3) is 0.0714. The first-order chi connectivity index (χ1) is 10.1. The third-order valence-electron chi connectivity index (χ3n) is 2.59. The number of nitrogens with zero attached hydrogens (tertiary/aromatic N) is 1. The molecule has 0 saturated heterocycles. The van der Waals surface area contributed by atoms with Gasteiger partial charge < -0.3 is 14.8 Å². The van der Waals surface area contributed by atoms with Crippen molar-refractivity contribution in [2.45, 2.75) is 0 Å². The smallest absolute Gasteiger partial charge is 0.395 e. The molecule has 0 fully saturated rings. The second kappa shape index (κ2) is 6.38. The molecular formula is C14H12N2O5. The van der Waals surface area contributed by atoms with E-state index in [2.05, 4.69) is 5.32 Å². The van der Waals surface area contributed by atoms with Crippen LogP contribution in [0.2, 0.25) is 0 Å². The van der Waals surface area contributed by atoms with Gasteiger partial charge in [0.15, 0.2) is 0 Å². The fourth-order valence-corrected chi connectivity index (χ4v) is 1.54. The van der Waals surface area contributed by atoms with Gasteiger partial charge in [-0.05, 0) is 36.4 Å². The number of ether oxygens (including phenoxy) is 2. The van der Waals surface area contributed by atoms with Gasteiger partial charge in [0.05, 0.1) is 4.92 Å². The quantitative estimate of drug-likeness (QED) is 0.402. The number of benzene rings is 2. The summed E-state index contributed by atoms with van der Waals surface area (Å²) in [6, 6.07) is 11.8. The summed E-state index contributed by atoms with van der Waals surface area (Å²) in [7, 11) is 1.78. The molecule has 1 N–H and O–H groups in total. The van der Waals surface area contributed by atoms with Gasteiger partial charge in [-0.2, -0.15) is 0 Å². The number of non-ortho nitro benzene ring substituents is 1. The molecule has 0 radical (unpaired) electrons. The lowest BCUT2D eigenvalue weighted by Gasteiger charge is -2.06. The Morgan fingerprint density at radius 2 is 1.48 bits per heavy atom. The van der Waals surface area contributed by atoms with Crippen molar-refractivity contribution in [3.63, 3.8) is 0 Å². The number of hydrogen-bond acceptors (Lipinski definition) is 6. The molecule has 0 spiro atoms. The Hall–Kier alpha value is -3.09. The normalized spacial score (nSPS) is 9.76. The van der Waals surface area contributed by atoms with Crippen molar-refractivity contribution in [2.75, 3.05) is 12.4 Å². The summed E-state index contributed by atoms with van der Waals surface area (Å²) >= 11 is 0. The second-order valence-electron chi connectivity index (χ2n) is 3.98. The highest BCUT2D eigenvalue weighted by Gasteiger charge is 2.10. The van der Waals surface area contributed by atoms with Crippen molar-refractivity contribution in [3.05, 3.63) is 58.6 Å². The Labute approximate surface area is 120 Å². The van der Waals surface area contributed by atoms with Crippen LogP contribution in [0.4, 0.5) is 16.2 Å². The first-order valence-electron chi connectivity index (χ1n) is 6.00. The molecule has 0 heterocycles. The molecule has 21 heavy (non-hydrogen) atoms. The van der Waals surface area contributed by atoms with Crippen LogP contribution < -0.4 is 14.8 Å². The zero-order valence-electron chi connectivity index (χ0n) is 11.1. The number of carbonyl (C=O) groups is 1. The third-order valence-corrected chi connectivity index (χ3v) is 2.59. The lowest BCUT2D eigenvalue weighted by atomic mass is 10.3. The zero-order chi connectivity index (χ0) is 15.2. The largest absolute Gasteiger partial charge is 0.519 e. The lowest BCUT2D eigenvalue weighted by Crippen LogP contribution is -2.13. The summed E-state index contributed by atoms with van der Waals surface area (Å²) in [4.78, 5) is 21.5. The van der Waals surface area contributed by atoms with Crippen LogP contribution in [0.3, 0.4) is 0 Å². The topological polar surface area (TPSA) is 90.7 Å². The lowest BCUT2D eigenvalue weighted by molar-refractivity contribution is -0.384. The first-order valence-corrected chi connectivity index (χ1v) is 6.00. The molecule has 7 nitrogen and oxygen atoms in total. The third kappa shape index (κ3) is 3.93. The van der Waals surface area contributed by atoms with E-state index < -0.39 is 11.1 Å². The zero-order valence-corrected chi connectivity index (χ0v) is 11.1. The highest BCUT2D eigenvalue weighted by Crippen LogP contribution is 2.19. The summed E-state index contributed by atoms with van der Waals surface area (Å²) < 4.78 is 9.88. The minimum atomic E-state index is -0.916. The number of nitro groups is 1. The summed E-state index contributed by atoms with van der Waals surface area (Å²) in [6.07, 6.45) is -0.916. The number of carbonyl (C=O) groups excluding carboxylic acids is 1. The molecule has 0 atom stereocenters. The maximum Gasteiger partial charge on any atom is 0.519 e. The number of nitro benzene ring substituents is 1. The van der Waals surface area contributed by atoms with Gasteiger partial charge in [0, 0.05) is 24.9 Å². The molecule has 2 aromatic carbocycles. The SMILES string of the molecule is CNc1ccc(OC(=O)Oc2ccc([N+](=O)[O-])cc2)cc1. The van der Waals surface area contributed by atoms with Crippen molar-refractivity contribution in [1.82, 2.24) is 0 Å². The summed E-state index contributed by atoms with van der Waals surface area (Å²) in [5, 5.41) is 13.4. The van der Waals surface area contributed by atoms with E-state index in [9.17, 15) is 14.9 Å². The maximum atomic E-state index is 11.6. The monoisotopic (exact) mass is 288 g/mol. The van der Waals surface area contributed by atoms with Crippen molar-refractivity contribution in [1.29, 1.82) is 0 Å². The van der Waals surface area contributed by atoms with E-state index in [-0.39, 0.29) is 11.4 Å². The van der Waals surface area contributed by atoms with Crippen molar-refractivity contribution in [2.24, 2.45) is 0 Å². The number of hydrogen-bond donors (Lipinski definition) is 1. The summed E-state index contributed by atoms with van der Waals surface area (Å²) in [6.45, 7) is 0. The van der Waals surface area contributed by atoms with E-state index in [0.29, 0.717) is 5.75 Å². The predicted octanol–water partition coefficient (Wildman–Crippen LogP) is 3.21. The van der Waals surface area contributed by atoms with E-state index in [1.54, 1.807) is 31.3 Å². The van der Waals surface area contributed by atoms with Crippen LogP contribution >= 0.6 is 0 Å². The standard InChI is InChI=1S/C14H12N2O5/c1-15-10-2-6-12(7-3-10)20-14(17)21-13-8-4-11(5-9-13)16(18)19/h2-9,15H,1H3. The van der Waals surface area contributed by atoms with Gasteiger partial charge in [0.25, 0.3) is 5.69 Å². The summed E-state index contributed by atoms with van der Waals surface area (Å²) in [5.41, 5.74) is 0.796. The molecule has 0 aliphatic carbocycles. The molecule has 2 aromatic rings. The van der Waals surface area contributed by atoms with Crippen LogP contribution in [0.25, 0.3) is 0 Å². The molecule has 0 amide bonds. The van der Waals surface area contributed by atoms with Crippen LogP contribution in [0.5, 0.6) is 11.5 Å². The molecule has 0 aliphatic rings. The Morgan fingerprint density at radius 1 is 1.00 bits per heavy atom. The number of nitrogens with one attached hydrogen (secondary N) is 1. The van der Waals surface area contributed by atoms with Crippen LogP contribution in [-0.2, 0) is 0 Å². The van der Waals surface area contributed by atoms with E-state index in [0.717, 1.165) is 5.69 Å². The number of rotatable bonds is 4. The molecule has 0 aromatic heterocycles. The van der Waals surface area contributed by atoms with Crippen molar-refractivity contribution >= 4 is 17.5 Å². The Morgan fingerprint density at radius 3 is 1.90 bits per heavy atom. The molecule has 0 bridgehead atoms. The van der Waals surface area contributed by atoms with Gasteiger partial charge >= 0.3 is 6.16 Å². The Balaban J connectivity index is 1.95. The Kier molecular flexibility index (Phi) is 4.35.